The molecule has 0 aliphatic carbocycles. The molecule has 1 aromatic heterocycles. The first-order valence-corrected chi connectivity index (χ1v) is 6.98. The maximum atomic E-state index is 11.8. The van der Waals surface area contributed by atoms with Gasteiger partial charge in [0.1, 0.15) is 5.76 Å². The van der Waals surface area contributed by atoms with Gasteiger partial charge in [0.25, 0.3) is 0 Å². The molecule has 1 fully saturated rings. The van der Waals surface area contributed by atoms with Gasteiger partial charge in [0, 0.05) is 13.1 Å². The molecule has 110 valence electrons. The van der Waals surface area contributed by atoms with Crippen molar-refractivity contribution in [3.63, 3.8) is 0 Å². The molecular weight excluding hydrogens is 258 g/mol. The fraction of sp³-hybridized carbons (Fsp3) is 0.571. The van der Waals surface area contributed by atoms with Crippen LogP contribution in [0.4, 0.5) is 0 Å². The topological polar surface area (TPSA) is 74.6 Å². The minimum absolute atomic E-state index is 0.0631. The van der Waals surface area contributed by atoms with E-state index in [4.69, 9.17) is 4.42 Å². The van der Waals surface area contributed by atoms with E-state index in [1.54, 1.807) is 25.3 Å². The van der Waals surface area contributed by atoms with Crippen LogP contribution in [-0.2, 0) is 16.1 Å². The van der Waals surface area contributed by atoms with Crippen LogP contribution < -0.4 is 10.6 Å². The van der Waals surface area contributed by atoms with Crippen LogP contribution in [0.1, 0.15) is 25.5 Å². The fourth-order valence-corrected chi connectivity index (χ4v) is 2.15. The summed E-state index contributed by atoms with van der Waals surface area (Å²) in [6, 6.07) is 3.17. The zero-order chi connectivity index (χ0) is 14.4. The summed E-state index contributed by atoms with van der Waals surface area (Å²) in [4.78, 5) is 25.5. The molecule has 0 saturated carbocycles. The number of rotatable bonds is 6. The molecule has 1 unspecified atom stereocenters. The van der Waals surface area contributed by atoms with Crippen molar-refractivity contribution in [3.8, 4) is 0 Å². The van der Waals surface area contributed by atoms with Crippen molar-refractivity contribution >= 4 is 11.8 Å². The highest BCUT2D eigenvalue weighted by molar-refractivity contribution is 5.83. The molecule has 20 heavy (non-hydrogen) atoms. The van der Waals surface area contributed by atoms with Crippen molar-refractivity contribution in [1.82, 2.24) is 15.5 Å². The Balaban J connectivity index is 1.66. The highest BCUT2D eigenvalue weighted by Crippen LogP contribution is 2.06. The van der Waals surface area contributed by atoms with Gasteiger partial charge >= 0.3 is 0 Å². The van der Waals surface area contributed by atoms with Crippen LogP contribution >= 0.6 is 0 Å². The van der Waals surface area contributed by atoms with E-state index >= 15 is 0 Å². The average molecular weight is 279 g/mol. The van der Waals surface area contributed by atoms with E-state index < -0.39 is 6.04 Å². The maximum absolute atomic E-state index is 11.8. The molecule has 1 aliphatic heterocycles. The van der Waals surface area contributed by atoms with Gasteiger partial charge in [0.05, 0.1) is 25.4 Å². The van der Waals surface area contributed by atoms with Gasteiger partial charge in [-0.05, 0) is 31.9 Å². The molecule has 0 radical (unpaired) electrons. The molecule has 1 saturated heterocycles. The number of hydrogen-bond acceptors (Lipinski definition) is 4. The third-order valence-corrected chi connectivity index (χ3v) is 3.43. The summed E-state index contributed by atoms with van der Waals surface area (Å²) in [6.07, 6.45) is 3.72. The number of furan rings is 1. The van der Waals surface area contributed by atoms with Crippen molar-refractivity contribution in [1.29, 1.82) is 0 Å². The van der Waals surface area contributed by atoms with E-state index in [0.717, 1.165) is 25.9 Å². The van der Waals surface area contributed by atoms with Crippen LogP contribution in [0.5, 0.6) is 0 Å². The Labute approximate surface area is 118 Å². The molecule has 2 amide bonds. The van der Waals surface area contributed by atoms with E-state index in [0.29, 0.717) is 12.3 Å². The Bertz CT molecular complexity index is 439. The smallest absolute Gasteiger partial charge is 0.237 e. The molecule has 2 heterocycles. The standard InChI is InChI=1S/C14H21N3O3/c1-11(14(19)16-9-12-5-4-8-20-12)15-10-13(18)17-6-2-3-7-17/h4-5,8,11,15H,2-3,6-7,9-10H2,1H3,(H,16,19). The monoisotopic (exact) mass is 279 g/mol. The normalized spacial score (nSPS) is 16.1. The summed E-state index contributed by atoms with van der Waals surface area (Å²) >= 11 is 0. The zero-order valence-electron chi connectivity index (χ0n) is 11.7. The number of hydrogen-bond donors (Lipinski definition) is 2. The van der Waals surface area contributed by atoms with Gasteiger partial charge in [-0.2, -0.15) is 0 Å². The Morgan fingerprint density at radius 3 is 2.80 bits per heavy atom. The van der Waals surface area contributed by atoms with Crippen LogP contribution in [0.3, 0.4) is 0 Å². The third kappa shape index (κ3) is 4.09. The van der Waals surface area contributed by atoms with Gasteiger partial charge in [-0.15, -0.1) is 0 Å². The minimum atomic E-state index is -0.406. The second-order valence-corrected chi connectivity index (χ2v) is 4.99. The molecule has 0 bridgehead atoms. The van der Waals surface area contributed by atoms with Gasteiger partial charge in [0.2, 0.25) is 11.8 Å². The highest BCUT2D eigenvalue weighted by Gasteiger charge is 2.19. The molecule has 2 rings (SSSR count). The third-order valence-electron chi connectivity index (χ3n) is 3.43. The zero-order valence-corrected chi connectivity index (χ0v) is 11.7. The van der Waals surface area contributed by atoms with Crippen LogP contribution in [0.15, 0.2) is 22.8 Å². The van der Waals surface area contributed by atoms with Crippen molar-refractivity contribution in [2.24, 2.45) is 0 Å². The van der Waals surface area contributed by atoms with Crippen molar-refractivity contribution in [2.75, 3.05) is 19.6 Å². The Hall–Kier alpha value is -1.82. The number of carbonyl (C=O) groups excluding carboxylic acids is 2. The van der Waals surface area contributed by atoms with E-state index in [1.165, 1.54) is 0 Å². The van der Waals surface area contributed by atoms with Crippen LogP contribution in [0.25, 0.3) is 0 Å². The molecule has 0 spiro atoms. The molecule has 6 nitrogen and oxygen atoms in total. The number of amides is 2. The van der Waals surface area contributed by atoms with Gasteiger partial charge in [-0.3, -0.25) is 14.9 Å². The summed E-state index contributed by atoms with van der Waals surface area (Å²) in [5.41, 5.74) is 0. The second-order valence-electron chi connectivity index (χ2n) is 4.99. The maximum Gasteiger partial charge on any atom is 0.237 e. The lowest BCUT2D eigenvalue weighted by Crippen LogP contribution is -2.46. The van der Waals surface area contributed by atoms with E-state index in [2.05, 4.69) is 10.6 Å². The lowest BCUT2D eigenvalue weighted by molar-refractivity contribution is -0.129. The SMILES string of the molecule is CC(NCC(=O)N1CCCC1)C(=O)NCc1ccco1. The quantitative estimate of drug-likeness (QED) is 0.795. The minimum Gasteiger partial charge on any atom is -0.467 e. The number of nitrogens with zero attached hydrogens (tertiary/aromatic N) is 1. The summed E-state index contributed by atoms with van der Waals surface area (Å²) in [6.45, 7) is 3.97. The molecule has 1 aromatic rings. The van der Waals surface area contributed by atoms with Crippen LogP contribution in [-0.4, -0.2) is 42.4 Å². The lowest BCUT2D eigenvalue weighted by atomic mass is 10.3. The van der Waals surface area contributed by atoms with Gasteiger partial charge < -0.3 is 14.6 Å². The Kier molecular flexibility index (Phi) is 5.17. The summed E-state index contributed by atoms with van der Waals surface area (Å²) in [5, 5.41) is 5.71. The predicted molar refractivity (Wildman–Crippen MR) is 73.8 cm³/mol. The second kappa shape index (κ2) is 7.09. The summed E-state index contributed by atoms with van der Waals surface area (Å²) < 4.78 is 5.13. The van der Waals surface area contributed by atoms with Gasteiger partial charge in [-0.1, -0.05) is 0 Å². The Morgan fingerprint density at radius 2 is 2.15 bits per heavy atom. The number of carbonyl (C=O) groups is 2. The van der Waals surface area contributed by atoms with Crippen LogP contribution in [0, 0.1) is 0 Å². The van der Waals surface area contributed by atoms with Gasteiger partial charge in [0.15, 0.2) is 0 Å². The first-order valence-electron chi connectivity index (χ1n) is 6.98. The molecule has 0 aromatic carbocycles. The van der Waals surface area contributed by atoms with Crippen molar-refractivity contribution in [2.45, 2.75) is 32.4 Å². The van der Waals surface area contributed by atoms with Crippen molar-refractivity contribution < 1.29 is 14.0 Å². The average Bonchev–Trinajstić information content (AvgIpc) is 3.13. The van der Waals surface area contributed by atoms with E-state index in [-0.39, 0.29) is 18.4 Å². The predicted octanol–water partition coefficient (Wildman–Crippen LogP) is 0.496. The highest BCUT2D eigenvalue weighted by atomic mass is 16.3. The molecule has 6 heteroatoms. The lowest BCUT2D eigenvalue weighted by Gasteiger charge is -2.18. The Morgan fingerprint density at radius 1 is 1.40 bits per heavy atom. The number of likely N-dealkylation sites (tertiary alicyclic amines) is 1. The summed E-state index contributed by atoms with van der Waals surface area (Å²) in [7, 11) is 0. The molecule has 1 aliphatic rings. The van der Waals surface area contributed by atoms with Crippen LogP contribution in [0.2, 0.25) is 0 Å². The van der Waals surface area contributed by atoms with Gasteiger partial charge in [-0.25, -0.2) is 0 Å². The van der Waals surface area contributed by atoms with E-state index in [1.807, 2.05) is 4.90 Å². The molecule has 1 atom stereocenters. The van der Waals surface area contributed by atoms with E-state index in [9.17, 15) is 9.59 Å². The fourth-order valence-electron chi connectivity index (χ4n) is 2.15. The number of nitrogens with one attached hydrogen (secondary N) is 2. The summed E-state index contributed by atoms with van der Waals surface area (Å²) in [5.74, 6) is 0.627. The molecular formula is C14H21N3O3. The first kappa shape index (κ1) is 14.6. The largest absolute Gasteiger partial charge is 0.467 e. The first-order chi connectivity index (χ1) is 9.66. The van der Waals surface area contributed by atoms with Crippen molar-refractivity contribution in [3.05, 3.63) is 24.2 Å². The molecule has 2 N–H and O–H groups in total.